The third-order valence-corrected chi connectivity index (χ3v) is 6.01. The van der Waals surface area contributed by atoms with Gasteiger partial charge in [0.2, 0.25) is 5.91 Å². The van der Waals surface area contributed by atoms with Gasteiger partial charge in [-0.15, -0.1) is 0 Å². The molecule has 2 saturated heterocycles. The van der Waals surface area contributed by atoms with Crippen LogP contribution in [0.4, 0.5) is 0 Å². The average Bonchev–Trinajstić information content (AvgIpc) is 3.26. The molecule has 152 valence electrons. The summed E-state index contributed by atoms with van der Waals surface area (Å²) in [6.45, 7) is 4.44. The Kier molecular flexibility index (Phi) is 5.32. The summed E-state index contributed by atoms with van der Waals surface area (Å²) in [6, 6.07) is 8.26. The van der Waals surface area contributed by atoms with E-state index in [0.717, 1.165) is 0 Å². The molecule has 2 aliphatic heterocycles. The van der Waals surface area contributed by atoms with E-state index < -0.39 is 0 Å². The maximum Gasteiger partial charge on any atom is 0.274 e. The highest BCUT2D eigenvalue weighted by Gasteiger charge is 2.50. The average molecular weight is 393 g/mol. The second-order valence-electron chi connectivity index (χ2n) is 8.31. The zero-order valence-electron chi connectivity index (χ0n) is 17.2. The van der Waals surface area contributed by atoms with Gasteiger partial charge in [0.15, 0.2) is 0 Å². The van der Waals surface area contributed by atoms with Gasteiger partial charge in [-0.25, -0.2) is 4.98 Å². The molecule has 3 atom stereocenters. The van der Waals surface area contributed by atoms with E-state index in [9.17, 15) is 9.59 Å². The van der Waals surface area contributed by atoms with Crippen LogP contribution in [0, 0.1) is 18.8 Å². The molecule has 2 aromatic rings. The van der Waals surface area contributed by atoms with Crippen LogP contribution >= 0.6 is 0 Å². The van der Waals surface area contributed by atoms with Crippen molar-refractivity contribution in [2.45, 2.75) is 13.0 Å². The van der Waals surface area contributed by atoms with Gasteiger partial charge in [-0.2, -0.15) is 0 Å². The third-order valence-electron chi connectivity index (χ3n) is 6.01. The van der Waals surface area contributed by atoms with Crippen molar-refractivity contribution in [2.75, 3.05) is 40.3 Å². The van der Waals surface area contributed by atoms with E-state index in [1.165, 1.54) is 17.3 Å². The molecule has 2 amide bonds. The smallest absolute Gasteiger partial charge is 0.274 e. The molecule has 1 aromatic carbocycles. The Balaban J connectivity index is 1.61. The Morgan fingerprint density at radius 1 is 1.14 bits per heavy atom. The van der Waals surface area contributed by atoms with Crippen LogP contribution in [0.2, 0.25) is 0 Å². The molecule has 29 heavy (non-hydrogen) atoms. The number of aromatic nitrogens is 2. The molecule has 0 aliphatic carbocycles. The molecular weight excluding hydrogens is 366 g/mol. The number of likely N-dealkylation sites (N-methyl/N-ethyl adjacent to an activating group) is 1. The van der Waals surface area contributed by atoms with Crippen molar-refractivity contribution in [2.24, 2.45) is 11.8 Å². The molecule has 0 saturated carbocycles. The second kappa shape index (κ2) is 7.91. The first-order chi connectivity index (χ1) is 14.0. The van der Waals surface area contributed by atoms with Crippen molar-refractivity contribution in [1.29, 1.82) is 0 Å². The summed E-state index contributed by atoms with van der Waals surface area (Å²) >= 11 is 0. The maximum atomic E-state index is 13.0. The van der Waals surface area contributed by atoms with E-state index in [4.69, 9.17) is 0 Å². The number of hydrogen-bond donors (Lipinski definition) is 0. The highest BCUT2D eigenvalue weighted by molar-refractivity contribution is 5.92. The monoisotopic (exact) mass is 393 g/mol. The lowest BCUT2D eigenvalue weighted by atomic mass is 9.87. The Hall–Kier alpha value is -2.80. The number of nitrogens with zero attached hydrogens (tertiary/aromatic N) is 5. The predicted octanol–water partition coefficient (Wildman–Crippen LogP) is 1.62. The standard InChI is InChI=1S/C22H27N5O2/c1-15-6-4-5-7-17(15)21-18-13-26(22(29)19-10-23-8-9-24-19)11-16(18)12-27(21)20(28)14-25(2)3/h4-10,16,18,21H,11-14H2,1-3H3/t16-,18-,21+/m1/s1. The number of benzene rings is 1. The number of carbonyl (C=O) groups excluding carboxylic acids is 2. The summed E-state index contributed by atoms with van der Waals surface area (Å²) in [6.07, 6.45) is 4.63. The Morgan fingerprint density at radius 2 is 1.93 bits per heavy atom. The number of hydrogen-bond acceptors (Lipinski definition) is 5. The molecule has 0 radical (unpaired) electrons. The van der Waals surface area contributed by atoms with Crippen LogP contribution in [0.15, 0.2) is 42.9 Å². The molecule has 0 unspecified atom stereocenters. The number of aryl methyl sites for hydroxylation is 1. The maximum absolute atomic E-state index is 13.0. The first-order valence-electron chi connectivity index (χ1n) is 10.0. The summed E-state index contributed by atoms with van der Waals surface area (Å²) in [7, 11) is 3.83. The largest absolute Gasteiger partial charge is 0.337 e. The lowest BCUT2D eigenvalue weighted by Crippen LogP contribution is -2.41. The van der Waals surface area contributed by atoms with Crippen molar-refractivity contribution in [3.8, 4) is 0 Å². The zero-order valence-corrected chi connectivity index (χ0v) is 17.2. The van der Waals surface area contributed by atoms with E-state index in [1.807, 2.05) is 40.9 Å². The van der Waals surface area contributed by atoms with Crippen molar-refractivity contribution in [3.63, 3.8) is 0 Å². The van der Waals surface area contributed by atoms with E-state index in [1.54, 1.807) is 12.4 Å². The van der Waals surface area contributed by atoms with Gasteiger partial charge in [0, 0.05) is 43.9 Å². The van der Waals surface area contributed by atoms with Crippen molar-refractivity contribution in [1.82, 2.24) is 24.7 Å². The minimum Gasteiger partial charge on any atom is -0.337 e. The highest BCUT2D eigenvalue weighted by Crippen LogP contribution is 2.46. The van der Waals surface area contributed by atoms with E-state index >= 15 is 0 Å². The fourth-order valence-electron chi connectivity index (χ4n) is 4.72. The Morgan fingerprint density at radius 3 is 2.62 bits per heavy atom. The molecule has 0 spiro atoms. The van der Waals surface area contributed by atoms with Crippen LogP contribution in [0.1, 0.15) is 27.7 Å². The second-order valence-corrected chi connectivity index (χ2v) is 8.31. The van der Waals surface area contributed by atoms with Gasteiger partial charge in [-0.3, -0.25) is 14.6 Å². The summed E-state index contributed by atoms with van der Waals surface area (Å²) in [5.74, 6) is 0.556. The molecule has 3 heterocycles. The number of fused-ring (bicyclic) bond motifs is 1. The van der Waals surface area contributed by atoms with Crippen LogP contribution in [-0.2, 0) is 4.79 Å². The molecule has 0 N–H and O–H groups in total. The first-order valence-corrected chi connectivity index (χ1v) is 10.0. The van der Waals surface area contributed by atoms with Crippen molar-refractivity contribution < 1.29 is 9.59 Å². The summed E-state index contributed by atoms with van der Waals surface area (Å²) < 4.78 is 0. The molecule has 7 nitrogen and oxygen atoms in total. The van der Waals surface area contributed by atoms with Crippen molar-refractivity contribution in [3.05, 3.63) is 59.7 Å². The normalized spacial score (nSPS) is 23.5. The molecular formula is C22H27N5O2. The number of rotatable bonds is 4. The van der Waals surface area contributed by atoms with Gasteiger partial charge in [0.25, 0.3) is 5.91 Å². The van der Waals surface area contributed by atoms with Gasteiger partial charge >= 0.3 is 0 Å². The highest BCUT2D eigenvalue weighted by atomic mass is 16.2. The van der Waals surface area contributed by atoms with Crippen LogP contribution in [-0.4, -0.2) is 76.8 Å². The van der Waals surface area contributed by atoms with Gasteiger partial charge in [-0.05, 0) is 32.1 Å². The zero-order chi connectivity index (χ0) is 20.5. The van der Waals surface area contributed by atoms with Crippen LogP contribution in [0.25, 0.3) is 0 Å². The molecule has 4 rings (SSSR count). The molecule has 7 heteroatoms. The third kappa shape index (κ3) is 3.74. The molecule has 1 aromatic heterocycles. The number of likely N-dealkylation sites (tertiary alicyclic amines) is 2. The minimum absolute atomic E-state index is 0.00620. The quantitative estimate of drug-likeness (QED) is 0.790. The fraction of sp³-hybridized carbons (Fsp3) is 0.455. The number of amides is 2. The van der Waals surface area contributed by atoms with E-state index in [2.05, 4.69) is 29.0 Å². The summed E-state index contributed by atoms with van der Waals surface area (Å²) in [5, 5.41) is 0. The molecule has 0 bridgehead atoms. The summed E-state index contributed by atoms with van der Waals surface area (Å²) in [5.41, 5.74) is 2.74. The fourth-order valence-corrected chi connectivity index (χ4v) is 4.72. The Bertz CT molecular complexity index is 901. The lowest BCUT2D eigenvalue weighted by molar-refractivity contribution is -0.133. The van der Waals surface area contributed by atoms with Gasteiger partial charge in [0.1, 0.15) is 5.69 Å². The minimum atomic E-state index is -0.0813. The SMILES string of the molecule is Cc1ccccc1[C@H]1[C@@H]2CN(C(=O)c3cnccn3)C[C@@H]2CN1C(=O)CN(C)C. The predicted molar refractivity (Wildman–Crippen MR) is 109 cm³/mol. The van der Waals surface area contributed by atoms with Crippen LogP contribution < -0.4 is 0 Å². The van der Waals surface area contributed by atoms with Gasteiger partial charge in [0.05, 0.1) is 18.8 Å². The Labute approximate surface area is 171 Å². The lowest BCUT2D eigenvalue weighted by Gasteiger charge is -2.31. The molecule has 2 aliphatic rings. The van der Waals surface area contributed by atoms with Crippen molar-refractivity contribution >= 4 is 11.8 Å². The first kappa shape index (κ1) is 19.5. The summed E-state index contributed by atoms with van der Waals surface area (Å²) in [4.78, 5) is 39.9. The molecule has 2 fully saturated rings. The van der Waals surface area contributed by atoms with E-state index in [-0.39, 0.29) is 29.7 Å². The van der Waals surface area contributed by atoms with Gasteiger partial charge < -0.3 is 14.7 Å². The number of carbonyl (C=O) groups is 2. The topological polar surface area (TPSA) is 69.6 Å². The van der Waals surface area contributed by atoms with Gasteiger partial charge in [-0.1, -0.05) is 24.3 Å². The van der Waals surface area contributed by atoms with Crippen LogP contribution in [0.5, 0.6) is 0 Å². The van der Waals surface area contributed by atoms with Crippen LogP contribution in [0.3, 0.4) is 0 Å². The van der Waals surface area contributed by atoms with E-state index in [0.29, 0.717) is 31.9 Å².